The Morgan fingerprint density at radius 1 is 1.35 bits per heavy atom. The van der Waals surface area contributed by atoms with Crippen LogP contribution in [0.5, 0.6) is 0 Å². The molecule has 1 N–H and O–H groups in total. The number of ether oxygens (including phenoxy) is 2. The van der Waals surface area contributed by atoms with Gasteiger partial charge in [-0.3, -0.25) is 0 Å². The molecule has 1 saturated heterocycles. The van der Waals surface area contributed by atoms with E-state index in [1.165, 1.54) is 25.7 Å². The zero-order chi connectivity index (χ0) is 12.5. The highest BCUT2D eigenvalue weighted by molar-refractivity contribution is 7.80. The maximum Gasteiger partial charge on any atom is 0.166 e. The van der Waals surface area contributed by atoms with Crippen molar-refractivity contribution in [3.63, 3.8) is 0 Å². The average Bonchev–Trinajstić information content (AvgIpc) is 2.75. The summed E-state index contributed by atoms with van der Waals surface area (Å²) in [4.78, 5) is 0.892. The summed E-state index contributed by atoms with van der Waals surface area (Å²) in [5, 5.41) is 3.17. The maximum absolute atomic E-state index is 5.78. The van der Waals surface area contributed by atoms with E-state index >= 15 is 0 Å². The lowest BCUT2D eigenvalue weighted by Gasteiger charge is -2.21. The van der Waals surface area contributed by atoms with E-state index in [2.05, 4.69) is 12.2 Å². The second-order valence-corrected chi connectivity index (χ2v) is 5.02. The Morgan fingerprint density at radius 2 is 2.12 bits per heavy atom. The van der Waals surface area contributed by atoms with Crippen LogP contribution in [0.25, 0.3) is 0 Å². The molecule has 1 aliphatic rings. The largest absolute Gasteiger partial charge is 0.379 e. The van der Waals surface area contributed by atoms with Crippen LogP contribution in [0.15, 0.2) is 0 Å². The zero-order valence-corrected chi connectivity index (χ0v) is 11.9. The van der Waals surface area contributed by atoms with Crippen molar-refractivity contribution in [2.45, 2.75) is 51.7 Å². The number of methoxy groups -OCH3 is 1. The molecule has 17 heavy (non-hydrogen) atoms. The molecular weight excluding hydrogens is 234 g/mol. The van der Waals surface area contributed by atoms with Crippen molar-refractivity contribution in [2.75, 3.05) is 20.3 Å². The second kappa shape index (κ2) is 8.84. The molecule has 3 nitrogen and oxygen atoms in total. The molecule has 0 aromatic rings. The van der Waals surface area contributed by atoms with Gasteiger partial charge in [0, 0.05) is 20.3 Å². The first-order valence-electron chi connectivity index (χ1n) is 6.71. The average molecular weight is 259 g/mol. The maximum atomic E-state index is 5.78. The van der Waals surface area contributed by atoms with E-state index in [0.29, 0.717) is 0 Å². The van der Waals surface area contributed by atoms with E-state index in [9.17, 15) is 0 Å². The van der Waals surface area contributed by atoms with Gasteiger partial charge in [-0.1, -0.05) is 44.8 Å². The van der Waals surface area contributed by atoms with Crippen LogP contribution in [0.4, 0.5) is 0 Å². The molecule has 0 radical (unpaired) electrons. The number of hydrogen-bond acceptors (Lipinski definition) is 3. The summed E-state index contributed by atoms with van der Waals surface area (Å²) in [7, 11) is 1.70. The van der Waals surface area contributed by atoms with Gasteiger partial charge in [-0.05, 0) is 12.8 Å². The smallest absolute Gasteiger partial charge is 0.166 e. The number of nitrogens with one attached hydrogen (secondary N) is 1. The Balaban J connectivity index is 2.12. The second-order valence-electron chi connectivity index (χ2n) is 4.58. The summed E-state index contributed by atoms with van der Waals surface area (Å²) in [6.45, 7) is 3.95. The van der Waals surface area contributed by atoms with Crippen LogP contribution in [0.1, 0.15) is 45.4 Å². The van der Waals surface area contributed by atoms with Crippen molar-refractivity contribution in [2.24, 2.45) is 5.92 Å². The molecule has 1 fully saturated rings. The van der Waals surface area contributed by atoms with Crippen LogP contribution < -0.4 is 5.32 Å². The summed E-state index contributed by atoms with van der Waals surface area (Å²) >= 11 is 5.25. The molecule has 1 aliphatic heterocycles. The first-order chi connectivity index (χ1) is 8.29. The minimum atomic E-state index is -0.163. The van der Waals surface area contributed by atoms with Gasteiger partial charge in [0.05, 0.1) is 10.9 Å². The highest BCUT2D eigenvalue weighted by Gasteiger charge is 2.29. The first kappa shape index (κ1) is 14.9. The predicted octanol–water partition coefficient (Wildman–Crippen LogP) is 2.88. The molecule has 0 spiro atoms. The molecule has 0 aliphatic carbocycles. The van der Waals surface area contributed by atoms with Gasteiger partial charge < -0.3 is 14.8 Å². The molecule has 0 bridgehead atoms. The van der Waals surface area contributed by atoms with Crippen molar-refractivity contribution in [1.29, 1.82) is 0 Å². The van der Waals surface area contributed by atoms with Gasteiger partial charge >= 0.3 is 0 Å². The summed E-state index contributed by atoms with van der Waals surface area (Å²) in [6.07, 6.45) is 7.13. The Kier molecular flexibility index (Phi) is 7.73. The van der Waals surface area contributed by atoms with E-state index in [1.807, 2.05) is 0 Å². The van der Waals surface area contributed by atoms with Gasteiger partial charge in [0.25, 0.3) is 0 Å². The third kappa shape index (κ3) is 5.32. The van der Waals surface area contributed by atoms with Crippen molar-refractivity contribution in [1.82, 2.24) is 5.32 Å². The normalized spacial score (nSPS) is 21.5. The molecular formula is C13H25NO2S. The fourth-order valence-corrected chi connectivity index (χ4v) is 2.46. The molecule has 0 aromatic carbocycles. The highest BCUT2D eigenvalue weighted by atomic mass is 32.1. The van der Waals surface area contributed by atoms with Gasteiger partial charge in [-0.15, -0.1) is 0 Å². The molecule has 1 heterocycles. The lowest BCUT2D eigenvalue weighted by molar-refractivity contribution is -0.141. The predicted molar refractivity (Wildman–Crippen MR) is 74.2 cm³/mol. The molecule has 0 amide bonds. The quantitative estimate of drug-likeness (QED) is 0.392. The zero-order valence-electron chi connectivity index (χ0n) is 11.0. The minimum Gasteiger partial charge on any atom is -0.379 e. The van der Waals surface area contributed by atoms with E-state index in [1.54, 1.807) is 7.11 Å². The monoisotopic (exact) mass is 259 g/mol. The van der Waals surface area contributed by atoms with Crippen LogP contribution in [0.3, 0.4) is 0 Å². The minimum absolute atomic E-state index is 0.163. The lowest BCUT2D eigenvalue weighted by atomic mass is 10.1. The lowest BCUT2D eigenvalue weighted by Crippen LogP contribution is -2.31. The van der Waals surface area contributed by atoms with Gasteiger partial charge in [-0.2, -0.15) is 0 Å². The van der Waals surface area contributed by atoms with Crippen LogP contribution in [-0.4, -0.2) is 31.5 Å². The molecule has 100 valence electrons. The first-order valence-corrected chi connectivity index (χ1v) is 7.12. The van der Waals surface area contributed by atoms with E-state index < -0.39 is 0 Å². The Hall–Kier alpha value is -0.190. The van der Waals surface area contributed by atoms with E-state index in [0.717, 1.165) is 31.0 Å². The Labute approximate surface area is 110 Å². The van der Waals surface area contributed by atoms with Gasteiger partial charge in [0.1, 0.15) is 0 Å². The van der Waals surface area contributed by atoms with Crippen LogP contribution in [-0.2, 0) is 9.47 Å². The van der Waals surface area contributed by atoms with Crippen molar-refractivity contribution >= 4 is 17.2 Å². The summed E-state index contributed by atoms with van der Waals surface area (Å²) in [6, 6.07) is 0. The van der Waals surface area contributed by atoms with Crippen molar-refractivity contribution in [3.8, 4) is 0 Å². The molecule has 4 heteroatoms. The third-order valence-electron chi connectivity index (χ3n) is 3.18. The fourth-order valence-electron chi connectivity index (χ4n) is 2.13. The summed E-state index contributed by atoms with van der Waals surface area (Å²) in [5.41, 5.74) is 0. The van der Waals surface area contributed by atoms with Crippen LogP contribution in [0, 0.1) is 5.92 Å². The van der Waals surface area contributed by atoms with E-state index in [4.69, 9.17) is 21.7 Å². The van der Waals surface area contributed by atoms with Gasteiger partial charge in [-0.25, -0.2) is 0 Å². The standard InChI is InChI=1S/C13H25NO2S/c1-3-4-5-6-7-10-16-13(15-2)11-8-9-14-12(11)17/h11,13H,3-10H2,1-2H3,(H,14,17). The van der Waals surface area contributed by atoms with Crippen molar-refractivity contribution < 1.29 is 9.47 Å². The van der Waals surface area contributed by atoms with E-state index in [-0.39, 0.29) is 12.2 Å². The molecule has 0 saturated carbocycles. The number of thiocarbonyl (C=S) groups is 1. The molecule has 2 atom stereocenters. The SMILES string of the molecule is CCCCCCCOC(OC)C1CCNC1=S. The number of unbranched alkanes of at least 4 members (excludes halogenated alkanes) is 4. The van der Waals surface area contributed by atoms with Gasteiger partial charge in [0.2, 0.25) is 0 Å². The molecule has 0 aromatic heterocycles. The van der Waals surface area contributed by atoms with Crippen molar-refractivity contribution in [3.05, 3.63) is 0 Å². The molecule has 2 unspecified atom stereocenters. The summed E-state index contributed by atoms with van der Waals surface area (Å²) in [5.74, 6) is 0.241. The number of hydrogen-bond donors (Lipinski definition) is 1. The molecule has 1 rings (SSSR count). The Morgan fingerprint density at radius 3 is 2.71 bits per heavy atom. The topological polar surface area (TPSA) is 30.5 Å². The third-order valence-corrected chi connectivity index (χ3v) is 3.63. The summed E-state index contributed by atoms with van der Waals surface area (Å²) < 4.78 is 11.2. The van der Waals surface area contributed by atoms with Crippen LogP contribution in [0.2, 0.25) is 0 Å². The highest BCUT2D eigenvalue weighted by Crippen LogP contribution is 2.19. The Bertz CT molecular complexity index is 223. The fraction of sp³-hybridized carbons (Fsp3) is 0.923. The van der Waals surface area contributed by atoms with Crippen LogP contribution >= 0.6 is 12.2 Å². The van der Waals surface area contributed by atoms with Gasteiger partial charge in [0.15, 0.2) is 6.29 Å². The number of rotatable bonds is 9.